The molecule has 0 aliphatic heterocycles. The Kier molecular flexibility index (Phi) is 7.31. The number of carboxylic acid groups (broad SMARTS) is 1. The van der Waals surface area contributed by atoms with Gasteiger partial charge in [-0.15, -0.1) is 0 Å². The van der Waals surface area contributed by atoms with Crippen LogP contribution in [0.15, 0.2) is 24.3 Å². The van der Waals surface area contributed by atoms with Gasteiger partial charge in [0.05, 0.1) is 0 Å². The molecule has 21 heavy (non-hydrogen) atoms. The van der Waals surface area contributed by atoms with Crippen LogP contribution in [0.4, 0.5) is 5.69 Å². The van der Waals surface area contributed by atoms with E-state index in [2.05, 4.69) is 10.6 Å². The first-order chi connectivity index (χ1) is 10.0. The van der Waals surface area contributed by atoms with Crippen molar-refractivity contribution in [2.45, 2.75) is 12.8 Å². The van der Waals surface area contributed by atoms with Crippen LogP contribution in [0.5, 0.6) is 0 Å². The lowest BCUT2D eigenvalue weighted by atomic mass is 10.2. The maximum absolute atomic E-state index is 11.6. The number of nitrogens with one attached hydrogen (secondary N) is 2. The average Bonchev–Trinajstić information content (AvgIpc) is 2.45. The Balaban J connectivity index is 2.48. The van der Waals surface area contributed by atoms with Crippen molar-refractivity contribution >= 4 is 35.2 Å². The predicted molar refractivity (Wildman–Crippen MR) is 82.7 cm³/mol. The second kappa shape index (κ2) is 9.02. The molecular weight excluding hydrogens is 292 g/mol. The summed E-state index contributed by atoms with van der Waals surface area (Å²) in [6.07, 6.45) is 3.27. The number of carbonyl (C=O) groups excluding carboxylic acids is 2. The van der Waals surface area contributed by atoms with Gasteiger partial charge in [-0.3, -0.25) is 14.4 Å². The highest BCUT2D eigenvalue weighted by molar-refractivity contribution is 7.98. The van der Waals surface area contributed by atoms with Crippen LogP contribution < -0.4 is 10.6 Å². The monoisotopic (exact) mass is 310 g/mol. The Bertz CT molecular complexity index is 502. The Morgan fingerprint density at radius 2 is 1.86 bits per heavy atom. The van der Waals surface area contributed by atoms with E-state index in [4.69, 9.17) is 5.11 Å². The number of hydrogen-bond donors (Lipinski definition) is 3. The zero-order valence-corrected chi connectivity index (χ0v) is 12.5. The van der Waals surface area contributed by atoms with Crippen molar-refractivity contribution in [3.8, 4) is 0 Å². The van der Waals surface area contributed by atoms with Gasteiger partial charge in [-0.25, -0.2) is 0 Å². The molecule has 0 spiro atoms. The van der Waals surface area contributed by atoms with E-state index in [0.29, 0.717) is 17.7 Å². The van der Waals surface area contributed by atoms with Crippen molar-refractivity contribution in [3.63, 3.8) is 0 Å². The third-order valence-corrected chi connectivity index (χ3v) is 3.28. The molecule has 0 heterocycles. The van der Waals surface area contributed by atoms with Crippen molar-refractivity contribution in [1.82, 2.24) is 5.32 Å². The van der Waals surface area contributed by atoms with Gasteiger partial charge in [0, 0.05) is 17.7 Å². The molecule has 0 radical (unpaired) electrons. The molecule has 0 aliphatic carbocycles. The molecule has 0 aliphatic rings. The van der Waals surface area contributed by atoms with E-state index in [1.807, 2.05) is 6.26 Å². The lowest BCUT2D eigenvalue weighted by Crippen LogP contribution is -2.29. The van der Waals surface area contributed by atoms with Gasteiger partial charge in [0.1, 0.15) is 6.54 Å². The first kappa shape index (κ1) is 17.0. The molecule has 0 aromatic heterocycles. The van der Waals surface area contributed by atoms with E-state index in [9.17, 15) is 14.4 Å². The Morgan fingerprint density at radius 3 is 2.43 bits per heavy atom. The minimum absolute atomic E-state index is 0.0628. The largest absolute Gasteiger partial charge is 0.480 e. The average molecular weight is 310 g/mol. The SMILES string of the molecule is CSCCCC(=O)Nc1ccc(C(=O)NCC(=O)O)cc1. The molecule has 114 valence electrons. The number of amides is 2. The number of carboxylic acids is 1. The van der Waals surface area contributed by atoms with Crippen LogP contribution in [0.1, 0.15) is 23.2 Å². The zero-order valence-electron chi connectivity index (χ0n) is 11.7. The topological polar surface area (TPSA) is 95.5 Å². The van der Waals surface area contributed by atoms with E-state index in [1.165, 1.54) is 12.1 Å². The van der Waals surface area contributed by atoms with Crippen molar-refractivity contribution in [1.29, 1.82) is 0 Å². The molecule has 1 rings (SSSR count). The van der Waals surface area contributed by atoms with Gasteiger partial charge in [0.25, 0.3) is 5.91 Å². The fraction of sp³-hybridized carbons (Fsp3) is 0.357. The highest BCUT2D eigenvalue weighted by Crippen LogP contribution is 2.10. The number of aliphatic carboxylic acids is 1. The molecule has 2 amide bonds. The summed E-state index contributed by atoms with van der Waals surface area (Å²) in [7, 11) is 0. The molecule has 0 fully saturated rings. The van der Waals surface area contributed by atoms with E-state index in [1.54, 1.807) is 23.9 Å². The van der Waals surface area contributed by atoms with Crippen LogP contribution >= 0.6 is 11.8 Å². The molecule has 0 saturated carbocycles. The van der Waals surface area contributed by atoms with Gasteiger partial charge in [-0.2, -0.15) is 11.8 Å². The normalized spacial score (nSPS) is 9.95. The lowest BCUT2D eigenvalue weighted by molar-refractivity contribution is -0.135. The van der Waals surface area contributed by atoms with Gasteiger partial charge >= 0.3 is 5.97 Å². The van der Waals surface area contributed by atoms with Crippen LogP contribution in [0.25, 0.3) is 0 Å². The third-order valence-electron chi connectivity index (χ3n) is 2.58. The minimum atomic E-state index is -1.10. The summed E-state index contributed by atoms with van der Waals surface area (Å²) in [6, 6.07) is 6.30. The summed E-state index contributed by atoms with van der Waals surface area (Å²) in [4.78, 5) is 33.6. The first-order valence-corrected chi connectivity index (χ1v) is 7.81. The summed E-state index contributed by atoms with van der Waals surface area (Å²) in [5, 5.41) is 13.5. The number of thioether (sulfide) groups is 1. The second-order valence-electron chi connectivity index (χ2n) is 4.30. The van der Waals surface area contributed by atoms with E-state index in [0.717, 1.165) is 12.2 Å². The van der Waals surface area contributed by atoms with Crippen LogP contribution in [0, 0.1) is 0 Å². The Labute approximate surface area is 127 Å². The van der Waals surface area contributed by atoms with Crippen LogP contribution in [-0.4, -0.2) is 41.4 Å². The maximum atomic E-state index is 11.6. The van der Waals surface area contributed by atoms with Gasteiger partial charge in [0.15, 0.2) is 0 Å². The zero-order chi connectivity index (χ0) is 15.7. The molecule has 1 aromatic rings. The van der Waals surface area contributed by atoms with E-state index >= 15 is 0 Å². The van der Waals surface area contributed by atoms with Crippen molar-refractivity contribution in [2.24, 2.45) is 0 Å². The smallest absolute Gasteiger partial charge is 0.322 e. The van der Waals surface area contributed by atoms with Crippen LogP contribution in [0.3, 0.4) is 0 Å². The van der Waals surface area contributed by atoms with Crippen molar-refractivity contribution in [3.05, 3.63) is 29.8 Å². The molecule has 0 saturated heterocycles. The molecule has 0 bridgehead atoms. The van der Waals surface area contributed by atoms with Crippen LogP contribution in [-0.2, 0) is 9.59 Å². The maximum Gasteiger partial charge on any atom is 0.322 e. The summed E-state index contributed by atoms with van der Waals surface area (Å²) < 4.78 is 0. The van der Waals surface area contributed by atoms with Crippen molar-refractivity contribution < 1.29 is 19.5 Å². The highest BCUT2D eigenvalue weighted by atomic mass is 32.2. The number of benzene rings is 1. The van der Waals surface area contributed by atoms with Crippen LogP contribution in [0.2, 0.25) is 0 Å². The molecule has 3 N–H and O–H groups in total. The fourth-order valence-corrected chi connectivity index (χ4v) is 2.00. The molecule has 0 unspecified atom stereocenters. The number of rotatable bonds is 8. The summed E-state index contributed by atoms with van der Waals surface area (Å²) in [5.41, 5.74) is 0.954. The third kappa shape index (κ3) is 6.80. The standard InChI is InChI=1S/C14H18N2O4S/c1-21-8-2-3-12(17)16-11-6-4-10(5-7-11)14(20)15-9-13(18)19/h4-7H,2-3,8-9H2,1H3,(H,15,20)(H,16,17)(H,18,19). The fourth-order valence-electron chi connectivity index (χ4n) is 1.56. The van der Waals surface area contributed by atoms with E-state index in [-0.39, 0.29) is 5.91 Å². The second-order valence-corrected chi connectivity index (χ2v) is 5.28. The lowest BCUT2D eigenvalue weighted by Gasteiger charge is -2.06. The first-order valence-electron chi connectivity index (χ1n) is 6.41. The minimum Gasteiger partial charge on any atom is -0.480 e. The molecule has 6 nitrogen and oxygen atoms in total. The van der Waals surface area contributed by atoms with Gasteiger partial charge in [-0.1, -0.05) is 0 Å². The summed E-state index contributed by atoms with van der Waals surface area (Å²) >= 11 is 1.70. The molecule has 7 heteroatoms. The number of carbonyl (C=O) groups is 3. The highest BCUT2D eigenvalue weighted by Gasteiger charge is 2.07. The van der Waals surface area contributed by atoms with Gasteiger partial charge < -0.3 is 15.7 Å². The quantitative estimate of drug-likeness (QED) is 0.634. The predicted octanol–water partition coefficient (Wildman–Crippen LogP) is 1.58. The van der Waals surface area contributed by atoms with Gasteiger partial charge in [0.2, 0.25) is 5.91 Å². The molecular formula is C14H18N2O4S. The molecule has 1 aromatic carbocycles. The number of anilines is 1. The van der Waals surface area contributed by atoms with Crippen molar-refractivity contribution in [2.75, 3.05) is 23.9 Å². The summed E-state index contributed by atoms with van der Waals surface area (Å²) in [5.74, 6) is -0.685. The Morgan fingerprint density at radius 1 is 1.19 bits per heavy atom. The van der Waals surface area contributed by atoms with E-state index < -0.39 is 18.4 Å². The molecule has 0 atom stereocenters. The van der Waals surface area contributed by atoms with Gasteiger partial charge in [-0.05, 0) is 42.7 Å². The Hall–Kier alpha value is -2.02. The summed E-state index contributed by atoms with van der Waals surface area (Å²) in [6.45, 7) is -0.424. The number of hydrogen-bond acceptors (Lipinski definition) is 4.